The molecular formula is C14H16BrNO. The minimum Gasteiger partial charge on any atom is -0.487 e. The monoisotopic (exact) mass is 293 g/mol. The molecule has 1 saturated carbocycles. The fraction of sp³-hybridized carbons (Fsp3) is 0.571. The Bertz CT molecular complexity index is 485. The first-order chi connectivity index (χ1) is 8.08. The molecule has 0 amide bonds. The quantitative estimate of drug-likeness (QED) is 0.729. The molecule has 90 valence electrons. The first-order valence-electron chi connectivity index (χ1n) is 6.24. The first kappa shape index (κ1) is 10.4. The second-order valence-electron chi connectivity index (χ2n) is 6.24. The first-order valence-corrected chi connectivity index (χ1v) is 7.04. The van der Waals surface area contributed by atoms with Crippen molar-refractivity contribution in [3.05, 3.63) is 28.2 Å². The van der Waals surface area contributed by atoms with Gasteiger partial charge in [0, 0.05) is 29.4 Å². The molecule has 4 rings (SSSR count). The van der Waals surface area contributed by atoms with Crippen LogP contribution >= 0.6 is 15.9 Å². The highest BCUT2D eigenvalue weighted by molar-refractivity contribution is 9.10. The molecule has 3 heteroatoms. The van der Waals surface area contributed by atoms with E-state index >= 15 is 0 Å². The Morgan fingerprint density at radius 1 is 1.29 bits per heavy atom. The second-order valence-corrected chi connectivity index (χ2v) is 7.16. The number of nitrogens with zero attached hydrogens (tertiary/aromatic N) is 1. The molecular weight excluding hydrogens is 278 g/mol. The predicted octanol–water partition coefficient (Wildman–Crippen LogP) is 2.85. The van der Waals surface area contributed by atoms with Crippen molar-refractivity contribution in [2.24, 2.45) is 5.41 Å². The minimum absolute atomic E-state index is 0.143. The van der Waals surface area contributed by atoms with Crippen molar-refractivity contribution in [3.63, 3.8) is 0 Å². The zero-order chi connectivity index (χ0) is 11.7. The fourth-order valence-corrected chi connectivity index (χ4v) is 4.65. The van der Waals surface area contributed by atoms with Crippen LogP contribution in [0.3, 0.4) is 0 Å². The maximum atomic E-state index is 6.21. The van der Waals surface area contributed by atoms with Crippen LogP contribution in [0.1, 0.15) is 18.4 Å². The van der Waals surface area contributed by atoms with E-state index in [1.165, 1.54) is 31.5 Å². The van der Waals surface area contributed by atoms with E-state index in [4.69, 9.17) is 4.74 Å². The molecule has 0 bridgehead atoms. The standard InChI is InChI=1S/C14H16BrNO/c1-16-8-13(9-16)6-14(7-13)5-10-4-11(15)2-3-12(10)17-14/h2-4H,5-9H2,1H3. The van der Waals surface area contributed by atoms with Crippen LogP contribution in [0.4, 0.5) is 0 Å². The lowest BCUT2D eigenvalue weighted by molar-refractivity contribution is -0.161. The number of halogens is 1. The van der Waals surface area contributed by atoms with Gasteiger partial charge in [0.05, 0.1) is 0 Å². The van der Waals surface area contributed by atoms with Gasteiger partial charge in [-0.2, -0.15) is 0 Å². The summed E-state index contributed by atoms with van der Waals surface area (Å²) in [7, 11) is 2.21. The molecule has 17 heavy (non-hydrogen) atoms. The summed E-state index contributed by atoms with van der Waals surface area (Å²) in [5, 5.41) is 0. The van der Waals surface area contributed by atoms with E-state index in [0.717, 1.165) is 16.6 Å². The van der Waals surface area contributed by atoms with E-state index in [2.05, 4.69) is 46.1 Å². The Hall–Kier alpha value is -0.540. The number of likely N-dealkylation sites (tertiary alicyclic amines) is 1. The van der Waals surface area contributed by atoms with Crippen molar-refractivity contribution in [1.29, 1.82) is 0 Å². The van der Waals surface area contributed by atoms with E-state index < -0.39 is 0 Å². The molecule has 0 atom stereocenters. The normalized spacial score (nSPS) is 27.4. The van der Waals surface area contributed by atoms with Crippen molar-refractivity contribution in [2.75, 3.05) is 20.1 Å². The summed E-state index contributed by atoms with van der Waals surface area (Å²) in [6.07, 6.45) is 3.60. The molecule has 2 nitrogen and oxygen atoms in total. The van der Waals surface area contributed by atoms with Gasteiger partial charge < -0.3 is 9.64 Å². The van der Waals surface area contributed by atoms with Crippen LogP contribution in [-0.4, -0.2) is 30.6 Å². The Morgan fingerprint density at radius 3 is 2.76 bits per heavy atom. The summed E-state index contributed by atoms with van der Waals surface area (Å²) in [6.45, 7) is 2.52. The van der Waals surface area contributed by atoms with E-state index in [0.29, 0.717) is 5.41 Å². The molecule has 0 unspecified atom stereocenters. The summed E-state index contributed by atoms with van der Waals surface area (Å²) in [5.41, 5.74) is 2.11. The number of benzene rings is 1. The van der Waals surface area contributed by atoms with E-state index in [-0.39, 0.29) is 5.60 Å². The van der Waals surface area contributed by atoms with E-state index in [1.54, 1.807) is 0 Å². The van der Waals surface area contributed by atoms with E-state index in [9.17, 15) is 0 Å². The predicted molar refractivity (Wildman–Crippen MR) is 70.4 cm³/mol. The van der Waals surface area contributed by atoms with Gasteiger partial charge >= 0.3 is 0 Å². The topological polar surface area (TPSA) is 12.5 Å². The number of hydrogen-bond acceptors (Lipinski definition) is 2. The molecule has 0 radical (unpaired) electrons. The number of ether oxygens (including phenoxy) is 1. The highest BCUT2D eigenvalue weighted by Crippen LogP contribution is 2.59. The van der Waals surface area contributed by atoms with Crippen molar-refractivity contribution < 1.29 is 4.74 Å². The van der Waals surface area contributed by atoms with Gasteiger partial charge in [-0.05, 0) is 43.7 Å². The average Bonchev–Trinajstić information content (AvgIpc) is 2.52. The molecule has 0 N–H and O–H groups in total. The highest BCUT2D eigenvalue weighted by atomic mass is 79.9. The van der Waals surface area contributed by atoms with Crippen molar-refractivity contribution in [1.82, 2.24) is 4.90 Å². The number of rotatable bonds is 0. The largest absolute Gasteiger partial charge is 0.487 e. The maximum absolute atomic E-state index is 6.21. The summed E-state index contributed by atoms with van der Waals surface area (Å²) in [6, 6.07) is 6.39. The van der Waals surface area contributed by atoms with Crippen LogP contribution in [0.2, 0.25) is 0 Å². The van der Waals surface area contributed by atoms with Crippen LogP contribution in [0.5, 0.6) is 5.75 Å². The SMILES string of the molecule is CN1CC2(C1)CC1(Cc3cc(Br)ccc3O1)C2. The molecule has 2 aliphatic heterocycles. The Morgan fingerprint density at radius 2 is 2.06 bits per heavy atom. The molecule has 2 heterocycles. The second kappa shape index (κ2) is 3.07. The van der Waals surface area contributed by atoms with Gasteiger partial charge in [-0.1, -0.05) is 15.9 Å². The lowest BCUT2D eigenvalue weighted by atomic mass is 9.54. The smallest absolute Gasteiger partial charge is 0.123 e. The fourth-order valence-electron chi connectivity index (χ4n) is 4.24. The summed E-state index contributed by atoms with van der Waals surface area (Å²) in [4.78, 5) is 2.41. The van der Waals surface area contributed by atoms with Crippen molar-refractivity contribution >= 4 is 15.9 Å². The lowest BCUT2D eigenvalue weighted by Gasteiger charge is -2.62. The maximum Gasteiger partial charge on any atom is 0.123 e. The molecule has 2 spiro atoms. The van der Waals surface area contributed by atoms with Gasteiger partial charge in [0.2, 0.25) is 0 Å². The summed E-state index contributed by atoms with van der Waals surface area (Å²) in [5.74, 6) is 1.11. The van der Waals surface area contributed by atoms with Crippen LogP contribution < -0.4 is 4.74 Å². The van der Waals surface area contributed by atoms with Crippen LogP contribution in [0, 0.1) is 5.41 Å². The summed E-state index contributed by atoms with van der Waals surface area (Å²) < 4.78 is 7.37. The Balaban J connectivity index is 1.54. The molecule has 1 aromatic carbocycles. The zero-order valence-electron chi connectivity index (χ0n) is 10.0. The summed E-state index contributed by atoms with van der Waals surface area (Å²) >= 11 is 3.54. The zero-order valence-corrected chi connectivity index (χ0v) is 11.6. The Kier molecular flexibility index (Phi) is 1.87. The van der Waals surface area contributed by atoms with Crippen molar-refractivity contribution in [2.45, 2.75) is 24.9 Å². The van der Waals surface area contributed by atoms with Crippen LogP contribution in [-0.2, 0) is 6.42 Å². The van der Waals surface area contributed by atoms with Gasteiger partial charge in [0.15, 0.2) is 0 Å². The van der Waals surface area contributed by atoms with Crippen molar-refractivity contribution in [3.8, 4) is 5.75 Å². The average molecular weight is 294 g/mol. The van der Waals surface area contributed by atoms with Gasteiger partial charge in [-0.15, -0.1) is 0 Å². The molecule has 1 aromatic rings. The van der Waals surface area contributed by atoms with Gasteiger partial charge in [0.1, 0.15) is 11.4 Å². The number of fused-ring (bicyclic) bond motifs is 1. The molecule has 1 saturated heterocycles. The third kappa shape index (κ3) is 1.42. The Labute approximate surface area is 110 Å². The molecule has 2 fully saturated rings. The molecule has 1 aliphatic carbocycles. The molecule has 3 aliphatic rings. The third-order valence-electron chi connectivity index (χ3n) is 4.47. The molecule has 0 aromatic heterocycles. The van der Waals surface area contributed by atoms with Gasteiger partial charge in [-0.25, -0.2) is 0 Å². The van der Waals surface area contributed by atoms with Gasteiger partial charge in [-0.3, -0.25) is 0 Å². The third-order valence-corrected chi connectivity index (χ3v) is 4.96. The lowest BCUT2D eigenvalue weighted by Crippen LogP contribution is -2.68. The van der Waals surface area contributed by atoms with Gasteiger partial charge in [0.25, 0.3) is 0 Å². The highest BCUT2D eigenvalue weighted by Gasteiger charge is 2.62. The van der Waals surface area contributed by atoms with E-state index in [1.807, 2.05) is 0 Å². The number of hydrogen-bond donors (Lipinski definition) is 0. The van der Waals surface area contributed by atoms with Crippen LogP contribution in [0.25, 0.3) is 0 Å². The van der Waals surface area contributed by atoms with Crippen LogP contribution in [0.15, 0.2) is 22.7 Å². The minimum atomic E-state index is 0.143.